The van der Waals surface area contributed by atoms with E-state index in [4.69, 9.17) is 4.74 Å². The predicted octanol–water partition coefficient (Wildman–Crippen LogP) is 1.56. The summed E-state index contributed by atoms with van der Waals surface area (Å²) in [6.07, 6.45) is 6.10. The van der Waals surface area contributed by atoms with E-state index in [9.17, 15) is 9.90 Å². The van der Waals surface area contributed by atoms with Gasteiger partial charge in [0.25, 0.3) is 0 Å². The highest BCUT2D eigenvalue weighted by molar-refractivity contribution is 5.80. The molecule has 4 heteroatoms. The third-order valence-corrected chi connectivity index (χ3v) is 4.30. The molecule has 1 N–H and O–H groups in total. The summed E-state index contributed by atoms with van der Waals surface area (Å²) in [7, 11) is 0. The van der Waals surface area contributed by atoms with Gasteiger partial charge in [0.2, 0.25) is 5.91 Å². The van der Waals surface area contributed by atoms with Crippen molar-refractivity contribution in [2.24, 2.45) is 5.92 Å². The van der Waals surface area contributed by atoms with Crippen LogP contribution in [0.1, 0.15) is 45.4 Å². The fourth-order valence-electron chi connectivity index (χ4n) is 3.20. The molecule has 0 aliphatic carbocycles. The van der Waals surface area contributed by atoms with Gasteiger partial charge < -0.3 is 14.7 Å². The molecule has 2 saturated heterocycles. The number of carbonyl (C=O) groups is 1. The maximum atomic E-state index is 12.6. The summed E-state index contributed by atoms with van der Waals surface area (Å²) < 4.78 is 5.62. The lowest BCUT2D eigenvalue weighted by atomic mass is 9.97. The number of hydrogen-bond donors (Lipinski definition) is 1. The second-order valence-corrected chi connectivity index (χ2v) is 5.43. The molecule has 0 radical (unpaired) electrons. The number of rotatable bonds is 3. The lowest BCUT2D eigenvalue weighted by molar-refractivity contribution is -0.140. The van der Waals surface area contributed by atoms with Gasteiger partial charge in [0, 0.05) is 13.2 Å². The van der Waals surface area contributed by atoms with Crippen LogP contribution in [0.15, 0.2) is 0 Å². The Morgan fingerprint density at radius 2 is 2.17 bits per heavy atom. The Balaban J connectivity index is 2.05. The van der Waals surface area contributed by atoms with Crippen LogP contribution < -0.4 is 0 Å². The van der Waals surface area contributed by atoms with Crippen molar-refractivity contribution in [1.29, 1.82) is 0 Å². The largest absolute Gasteiger partial charge is 0.394 e. The standard InChI is InChI=1S/C14H25NO3/c1-2-13-12(7-9-18-13)14(17)15-8-5-3-4-6-11(15)10-16/h11-13,16H,2-10H2,1H3. The fourth-order valence-corrected chi connectivity index (χ4v) is 3.20. The summed E-state index contributed by atoms with van der Waals surface area (Å²) >= 11 is 0. The molecule has 4 nitrogen and oxygen atoms in total. The zero-order chi connectivity index (χ0) is 13.0. The molecule has 2 heterocycles. The minimum absolute atomic E-state index is 0.0159. The molecule has 104 valence electrons. The number of nitrogens with zero attached hydrogens (tertiary/aromatic N) is 1. The van der Waals surface area contributed by atoms with Crippen molar-refractivity contribution in [3.05, 3.63) is 0 Å². The molecule has 0 bridgehead atoms. The van der Waals surface area contributed by atoms with E-state index in [-0.39, 0.29) is 30.6 Å². The minimum atomic E-state index is 0.0159. The van der Waals surface area contributed by atoms with E-state index in [1.807, 2.05) is 4.90 Å². The number of likely N-dealkylation sites (tertiary alicyclic amines) is 1. The van der Waals surface area contributed by atoms with Crippen molar-refractivity contribution in [1.82, 2.24) is 4.90 Å². The average Bonchev–Trinajstić information content (AvgIpc) is 2.74. The maximum absolute atomic E-state index is 12.6. The highest BCUT2D eigenvalue weighted by Crippen LogP contribution is 2.28. The van der Waals surface area contributed by atoms with Gasteiger partial charge in [-0.1, -0.05) is 19.8 Å². The Hall–Kier alpha value is -0.610. The summed E-state index contributed by atoms with van der Waals surface area (Å²) in [6, 6.07) is 0.0260. The number of hydrogen-bond acceptors (Lipinski definition) is 3. The predicted molar refractivity (Wildman–Crippen MR) is 69.2 cm³/mol. The molecule has 0 saturated carbocycles. The normalized spacial score (nSPS) is 33.4. The quantitative estimate of drug-likeness (QED) is 0.832. The highest BCUT2D eigenvalue weighted by Gasteiger charge is 2.37. The first-order valence-electron chi connectivity index (χ1n) is 7.30. The number of aliphatic hydroxyl groups excluding tert-OH is 1. The van der Waals surface area contributed by atoms with Gasteiger partial charge in [-0.05, 0) is 25.7 Å². The van der Waals surface area contributed by atoms with Gasteiger partial charge in [-0.25, -0.2) is 0 Å². The summed E-state index contributed by atoms with van der Waals surface area (Å²) in [6.45, 7) is 3.67. The minimum Gasteiger partial charge on any atom is -0.394 e. The van der Waals surface area contributed by atoms with Gasteiger partial charge in [-0.2, -0.15) is 0 Å². The van der Waals surface area contributed by atoms with E-state index in [0.29, 0.717) is 6.61 Å². The van der Waals surface area contributed by atoms with E-state index in [1.54, 1.807) is 0 Å². The molecule has 3 atom stereocenters. The van der Waals surface area contributed by atoms with Crippen LogP contribution in [-0.2, 0) is 9.53 Å². The lowest BCUT2D eigenvalue weighted by Crippen LogP contribution is -2.46. The first-order chi connectivity index (χ1) is 8.77. The van der Waals surface area contributed by atoms with Crippen LogP contribution in [0.5, 0.6) is 0 Å². The third-order valence-electron chi connectivity index (χ3n) is 4.30. The molecule has 0 aromatic heterocycles. The number of aliphatic hydroxyl groups is 1. The van der Waals surface area contributed by atoms with Gasteiger partial charge in [0.05, 0.1) is 24.7 Å². The molecule has 2 rings (SSSR count). The van der Waals surface area contributed by atoms with E-state index < -0.39 is 0 Å². The van der Waals surface area contributed by atoms with Gasteiger partial charge in [-0.3, -0.25) is 4.79 Å². The molecular formula is C14H25NO3. The SMILES string of the molecule is CCC1OCCC1C(=O)N1CCCCCC1CO. The van der Waals surface area contributed by atoms with Gasteiger partial charge in [-0.15, -0.1) is 0 Å². The number of amides is 1. The topological polar surface area (TPSA) is 49.8 Å². The molecule has 3 unspecified atom stereocenters. The van der Waals surface area contributed by atoms with Gasteiger partial charge >= 0.3 is 0 Å². The highest BCUT2D eigenvalue weighted by atomic mass is 16.5. The van der Waals surface area contributed by atoms with E-state index in [0.717, 1.165) is 38.6 Å². The Kier molecular flexibility index (Phi) is 5.01. The zero-order valence-corrected chi connectivity index (χ0v) is 11.3. The van der Waals surface area contributed by atoms with E-state index in [2.05, 4.69) is 6.92 Å². The molecule has 2 aliphatic heterocycles. The van der Waals surface area contributed by atoms with Crippen LogP contribution in [0, 0.1) is 5.92 Å². The van der Waals surface area contributed by atoms with Crippen molar-refractivity contribution in [2.75, 3.05) is 19.8 Å². The number of ether oxygens (including phenoxy) is 1. The molecule has 0 aromatic carbocycles. The summed E-state index contributed by atoms with van der Waals surface area (Å²) in [4.78, 5) is 14.6. The van der Waals surface area contributed by atoms with E-state index in [1.165, 1.54) is 6.42 Å². The Labute approximate surface area is 109 Å². The van der Waals surface area contributed by atoms with Crippen molar-refractivity contribution < 1.29 is 14.6 Å². The summed E-state index contributed by atoms with van der Waals surface area (Å²) in [5.41, 5.74) is 0. The van der Waals surface area contributed by atoms with Crippen LogP contribution in [0.4, 0.5) is 0 Å². The van der Waals surface area contributed by atoms with Crippen LogP contribution in [0.2, 0.25) is 0 Å². The first kappa shape index (κ1) is 13.8. The Morgan fingerprint density at radius 1 is 1.33 bits per heavy atom. The van der Waals surface area contributed by atoms with Crippen molar-refractivity contribution >= 4 is 5.91 Å². The van der Waals surface area contributed by atoms with E-state index >= 15 is 0 Å². The molecule has 2 fully saturated rings. The van der Waals surface area contributed by atoms with Crippen molar-refractivity contribution in [3.8, 4) is 0 Å². The fraction of sp³-hybridized carbons (Fsp3) is 0.929. The molecule has 18 heavy (non-hydrogen) atoms. The molecule has 0 spiro atoms. The second-order valence-electron chi connectivity index (χ2n) is 5.43. The molecule has 1 amide bonds. The summed E-state index contributed by atoms with van der Waals surface area (Å²) in [5.74, 6) is 0.224. The smallest absolute Gasteiger partial charge is 0.228 e. The van der Waals surface area contributed by atoms with Crippen LogP contribution in [-0.4, -0.2) is 47.8 Å². The van der Waals surface area contributed by atoms with Gasteiger partial charge in [0.1, 0.15) is 0 Å². The average molecular weight is 255 g/mol. The third kappa shape index (κ3) is 2.86. The Morgan fingerprint density at radius 3 is 2.89 bits per heavy atom. The second kappa shape index (κ2) is 6.53. The summed E-state index contributed by atoms with van der Waals surface area (Å²) in [5, 5.41) is 9.48. The van der Waals surface area contributed by atoms with Crippen molar-refractivity contribution in [3.63, 3.8) is 0 Å². The Bertz CT molecular complexity index is 282. The zero-order valence-electron chi connectivity index (χ0n) is 11.3. The monoisotopic (exact) mass is 255 g/mol. The molecule has 2 aliphatic rings. The maximum Gasteiger partial charge on any atom is 0.228 e. The van der Waals surface area contributed by atoms with Crippen molar-refractivity contribution in [2.45, 2.75) is 57.6 Å². The molecule has 0 aromatic rings. The van der Waals surface area contributed by atoms with Crippen LogP contribution in [0.25, 0.3) is 0 Å². The number of carbonyl (C=O) groups excluding carboxylic acids is 1. The molecular weight excluding hydrogens is 230 g/mol. The van der Waals surface area contributed by atoms with Crippen LogP contribution in [0.3, 0.4) is 0 Å². The lowest BCUT2D eigenvalue weighted by Gasteiger charge is -2.32. The van der Waals surface area contributed by atoms with Gasteiger partial charge in [0.15, 0.2) is 0 Å². The first-order valence-corrected chi connectivity index (χ1v) is 7.30. The van der Waals surface area contributed by atoms with Crippen LogP contribution >= 0.6 is 0 Å².